The Morgan fingerprint density at radius 3 is 3.07 bits per heavy atom. The van der Waals surface area contributed by atoms with Gasteiger partial charge in [0.2, 0.25) is 0 Å². The zero-order chi connectivity index (χ0) is 10.1. The molecule has 0 aliphatic carbocycles. The van der Waals surface area contributed by atoms with E-state index in [0.29, 0.717) is 16.5 Å². The number of nitrogens with zero attached hydrogens (tertiary/aromatic N) is 3. The van der Waals surface area contributed by atoms with Crippen molar-refractivity contribution in [3.05, 3.63) is 29.4 Å². The molecule has 2 heterocycles. The van der Waals surface area contributed by atoms with Crippen LogP contribution in [-0.2, 0) is 0 Å². The third-order valence-electron chi connectivity index (χ3n) is 1.89. The average molecular weight is 213 g/mol. The van der Waals surface area contributed by atoms with E-state index in [2.05, 4.69) is 9.97 Å². The maximum Gasteiger partial charge on any atom is 0.155 e. The summed E-state index contributed by atoms with van der Waals surface area (Å²) >= 11 is 5.69. The molecule has 3 N–H and O–H groups in total. The van der Waals surface area contributed by atoms with Gasteiger partial charge in [0.1, 0.15) is 11.3 Å². The predicted molar refractivity (Wildman–Crippen MR) is 52.0 cm³/mol. The van der Waals surface area contributed by atoms with Crippen molar-refractivity contribution in [2.45, 2.75) is 6.10 Å². The van der Waals surface area contributed by atoms with E-state index in [4.69, 9.17) is 17.3 Å². The zero-order valence-corrected chi connectivity index (χ0v) is 8.02. The van der Waals surface area contributed by atoms with E-state index < -0.39 is 6.10 Å². The van der Waals surface area contributed by atoms with Gasteiger partial charge in [-0.25, -0.2) is 9.97 Å². The quantitative estimate of drug-likeness (QED) is 0.755. The SMILES string of the molecule is NCC(O)c1cn2cc(Cl)ncc2n1. The molecule has 0 aliphatic heterocycles. The summed E-state index contributed by atoms with van der Waals surface area (Å²) in [5.74, 6) is 0. The molecule has 6 heteroatoms. The number of nitrogens with two attached hydrogens (primary N) is 1. The summed E-state index contributed by atoms with van der Waals surface area (Å²) in [5, 5.41) is 9.82. The maximum absolute atomic E-state index is 9.45. The van der Waals surface area contributed by atoms with Crippen molar-refractivity contribution in [1.82, 2.24) is 14.4 Å². The van der Waals surface area contributed by atoms with Gasteiger partial charge in [-0.15, -0.1) is 0 Å². The van der Waals surface area contributed by atoms with E-state index in [1.54, 1.807) is 16.8 Å². The van der Waals surface area contributed by atoms with Crippen LogP contribution in [0.2, 0.25) is 5.15 Å². The van der Waals surface area contributed by atoms with Crippen LogP contribution in [0.15, 0.2) is 18.6 Å². The van der Waals surface area contributed by atoms with E-state index in [0.717, 1.165) is 0 Å². The fourth-order valence-corrected chi connectivity index (χ4v) is 1.33. The summed E-state index contributed by atoms with van der Waals surface area (Å²) in [6, 6.07) is 0. The van der Waals surface area contributed by atoms with Crippen LogP contribution in [0.1, 0.15) is 11.8 Å². The first-order chi connectivity index (χ1) is 6.70. The Morgan fingerprint density at radius 2 is 2.36 bits per heavy atom. The first-order valence-corrected chi connectivity index (χ1v) is 4.47. The highest BCUT2D eigenvalue weighted by Gasteiger charge is 2.09. The van der Waals surface area contributed by atoms with E-state index in [1.807, 2.05) is 0 Å². The van der Waals surface area contributed by atoms with Crippen LogP contribution in [0.5, 0.6) is 0 Å². The van der Waals surface area contributed by atoms with E-state index in [1.165, 1.54) is 6.20 Å². The minimum atomic E-state index is -0.742. The van der Waals surface area contributed by atoms with Gasteiger partial charge in [-0.05, 0) is 0 Å². The number of halogens is 1. The molecule has 0 aromatic carbocycles. The van der Waals surface area contributed by atoms with E-state index in [9.17, 15) is 5.11 Å². The molecule has 1 atom stereocenters. The summed E-state index contributed by atoms with van der Waals surface area (Å²) in [4.78, 5) is 8.01. The lowest BCUT2D eigenvalue weighted by Crippen LogP contribution is -2.11. The summed E-state index contributed by atoms with van der Waals surface area (Å²) in [6.45, 7) is 0.144. The molecule has 0 radical (unpaired) electrons. The third-order valence-corrected chi connectivity index (χ3v) is 2.09. The molecule has 0 saturated carbocycles. The van der Waals surface area contributed by atoms with Crippen molar-refractivity contribution in [2.24, 2.45) is 5.73 Å². The zero-order valence-electron chi connectivity index (χ0n) is 7.26. The van der Waals surface area contributed by atoms with Gasteiger partial charge in [-0.2, -0.15) is 0 Å². The van der Waals surface area contributed by atoms with E-state index >= 15 is 0 Å². The number of fused-ring (bicyclic) bond motifs is 1. The number of aliphatic hydroxyl groups excluding tert-OH is 1. The lowest BCUT2D eigenvalue weighted by Gasteiger charge is -2.00. The number of hydrogen-bond donors (Lipinski definition) is 2. The fraction of sp³-hybridized carbons (Fsp3) is 0.250. The molecule has 2 aromatic rings. The molecular formula is C8H9ClN4O. The van der Waals surface area contributed by atoms with Crippen molar-refractivity contribution in [3.8, 4) is 0 Å². The summed E-state index contributed by atoms with van der Waals surface area (Å²) < 4.78 is 1.70. The first-order valence-electron chi connectivity index (χ1n) is 4.09. The number of aliphatic hydroxyl groups is 1. The van der Waals surface area contributed by atoms with Crippen LogP contribution < -0.4 is 5.73 Å². The molecule has 0 amide bonds. The standard InChI is InChI=1S/C8H9ClN4O/c9-7-4-13-3-5(6(14)1-10)12-8(13)2-11-7/h2-4,6,14H,1,10H2. The molecule has 14 heavy (non-hydrogen) atoms. The van der Waals surface area contributed by atoms with Crippen molar-refractivity contribution >= 4 is 17.2 Å². The second-order valence-electron chi connectivity index (χ2n) is 2.89. The molecule has 0 spiro atoms. The molecule has 0 aliphatic rings. The summed E-state index contributed by atoms with van der Waals surface area (Å²) in [5.41, 5.74) is 6.48. The molecule has 5 nitrogen and oxygen atoms in total. The number of imidazole rings is 1. The van der Waals surface area contributed by atoms with Gasteiger partial charge in [0.25, 0.3) is 0 Å². The van der Waals surface area contributed by atoms with Crippen LogP contribution in [0.25, 0.3) is 5.65 Å². The van der Waals surface area contributed by atoms with Gasteiger partial charge in [0.05, 0.1) is 11.9 Å². The lowest BCUT2D eigenvalue weighted by atomic mass is 10.3. The van der Waals surface area contributed by atoms with Crippen molar-refractivity contribution in [3.63, 3.8) is 0 Å². The number of aromatic nitrogens is 3. The Labute approximate surface area is 85.2 Å². The molecule has 2 aromatic heterocycles. The maximum atomic E-state index is 9.45. The predicted octanol–water partition coefficient (Wildman–Crippen LogP) is 0.375. The molecule has 2 rings (SSSR count). The molecule has 74 valence electrons. The van der Waals surface area contributed by atoms with Crippen LogP contribution >= 0.6 is 11.6 Å². The second-order valence-corrected chi connectivity index (χ2v) is 3.28. The van der Waals surface area contributed by atoms with Gasteiger partial charge < -0.3 is 15.2 Å². The number of rotatable bonds is 2. The molecular weight excluding hydrogens is 204 g/mol. The normalized spacial score (nSPS) is 13.4. The van der Waals surface area contributed by atoms with Crippen LogP contribution in [0.4, 0.5) is 0 Å². The lowest BCUT2D eigenvalue weighted by molar-refractivity contribution is 0.182. The van der Waals surface area contributed by atoms with Crippen molar-refractivity contribution in [1.29, 1.82) is 0 Å². The summed E-state index contributed by atoms with van der Waals surface area (Å²) in [7, 11) is 0. The van der Waals surface area contributed by atoms with Gasteiger partial charge >= 0.3 is 0 Å². The molecule has 1 unspecified atom stereocenters. The van der Waals surface area contributed by atoms with Gasteiger partial charge in [0.15, 0.2) is 5.65 Å². The van der Waals surface area contributed by atoms with Gasteiger partial charge in [0, 0.05) is 18.9 Å². The third kappa shape index (κ3) is 1.57. The minimum absolute atomic E-state index is 0.144. The number of hydrogen-bond acceptors (Lipinski definition) is 4. The van der Waals surface area contributed by atoms with Crippen molar-refractivity contribution < 1.29 is 5.11 Å². The monoisotopic (exact) mass is 212 g/mol. The van der Waals surface area contributed by atoms with Crippen LogP contribution in [0.3, 0.4) is 0 Å². The Balaban J connectivity index is 2.51. The highest BCUT2D eigenvalue weighted by atomic mass is 35.5. The van der Waals surface area contributed by atoms with Gasteiger partial charge in [-0.1, -0.05) is 11.6 Å². The summed E-state index contributed by atoms with van der Waals surface area (Å²) in [6.07, 6.45) is 4.10. The molecule has 0 saturated heterocycles. The van der Waals surface area contributed by atoms with Crippen LogP contribution in [0, 0.1) is 0 Å². The Morgan fingerprint density at radius 1 is 1.57 bits per heavy atom. The minimum Gasteiger partial charge on any atom is -0.385 e. The second kappa shape index (κ2) is 3.53. The Kier molecular flexibility index (Phi) is 2.37. The largest absolute Gasteiger partial charge is 0.385 e. The highest BCUT2D eigenvalue weighted by molar-refractivity contribution is 6.29. The Hall–Kier alpha value is -1.17. The Bertz CT molecular complexity index is 456. The molecule has 0 fully saturated rings. The van der Waals surface area contributed by atoms with Gasteiger partial charge in [-0.3, -0.25) is 0 Å². The first kappa shape index (κ1) is 9.39. The topological polar surface area (TPSA) is 76.4 Å². The fourth-order valence-electron chi connectivity index (χ4n) is 1.18. The molecule has 0 bridgehead atoms. The smallest absolute Gasteiger partial charge is 0.155 e. The van der Waals surface area contributed by atoms with Crippen molar-refractivity contribution in [2.75, 3.05) is 6.54 Å². The van der Waals surface area contributed by atoms with E-state index in [-0.39, 0.29) is 6.54 Å². The average Bonchev–Trinajstić information content (AvgIpc) is 2.59. The highest BCUT2D eigenvalue weighted by Crippen LogP contribution is 2.13. The van der Waals surface area contributed by atoms with Crippen LogP contribution in [-0.4, -0.2) is 26.0 Å².